The highest BCUT2D eigenvalue weighted by Crippen LogP contribution is 2.33. The first-order valence-electron chi connectivity index (χ1n) is 11.7. The van der Waals surface area contributed by atoms with E-state index >= 15 is 0 Å². The maximum absolute atomic E-state index is 13.3. The predicted molar refractivity (Wildman–Crippen MR) is 128 cm³/mol. The van der Waals surface area contributed by atoms with Crippen LogP contribution < -0.4 is 10.1 Å². The van der Waals surface area contributed by atoms with Crippen molar-refractivity contribution in [1.82, 2.24) is 25.3 Å². The molecule has 9 heteroatoms. The van der Waals surface area contributed by atoms with Crippen LogP contribution in [0.4, 0.5) is 4.39 Å². The number of hydrogen-bond acceptors (Lipinski definition) is 7. The minimum atomic E-state index is -0.355. The van der Waals surface area contributed by atoms with Gasteiger partial charge in [-0.25, -0.2) is 4.39 Å². The summed E-state index contributed by atoms with van der Waals surface area (Å²) in [7, 11) is 0. The molecule has 1 aliphatic rings. The average molecular weight is 476 g/mol. The molecule has 2 aromatic heterocycles. The topological polar surface area (TPSA) is 93.4 Å². The number of carbonyl (C=O) groups is 1. The second-order valence-electron chi connectivity index (χ2n) is 8.58. The summed E-state index contributed by atoms with van der Waals surface area (Å²) in [4.78, 5) is 23.4. The Morgan fingerprint density at radius 1 is 1.14 bits per heavy atom. The number of ether oxygens (including phenoxy) is 1. The summed E-state index contributed by atoms with van der Waals surface area (Å²) in [6, 6.07) is 14.4. The maximum atomic E-state index is 13.3. The Morgan fingerprint density at radius 3 is 2.77 bits per heavy atom. The number of fused-ring (bicyclic) bond motifs is 2. The van der Waals surface area contributed by atoms with Gasteiger partial charge < -0.3 is 14.6 Å². The van der Waals surface area contributed by atoms with Crippen LogP contribution in [0.3, 0.4) is 0 Å². The standard InChI is InChI=1S/C26H26FN5O3/c1-17-29-25(23-24(31-35-26(23)30-17)19-7-9-21(27)10-8-19)34-16-22(33)28-12-4-13-32-14-11-18-5-2-3-6-20(18)15-32/h2-3,5-10H,4,11-16H2,1H3,(H,28,33). The number of hydrogen-bond donors (Lipinski definition) is 1. The van der Waals surface area contributed by atoms with Crippen LogP contribution in [0, 0.1) is 12.7 Å². The van der Waals surface area contributed by atoms with Crippen molar-refractivity contribution in [3.05, 3.63) is 71.3 Å². The van der Waals surface area contributed by atoms with Crippen LogP contribution in [0.25, 0.3) is 22.4 Å². The van der Waals surface area contributed by atoms with Gasteiger partial charge in [0.1, 0.15) is 22.7 Å². The lowest BCUT2D eigenvalue weighted by Gasteiger charge is -2.28. The molecule has 8 nitrogen and oxygen atoms in total. The molecule has 0 saturated heterocycles. The van der Waals surface area contributed by atoms with Crippen molar-refractivity contribution in [2.75, 3.05) is 26.2 Å². The predicted octanol–water partition coefficient (Wildman–Crippen LogP) is 3.68. The van der Waals surface area contributed by atoms with Gasteiger partial charge in [0, 0.05) is 31.7 Å². The van der Waals surface area contributed by atoms with Crippen LogP contribution in [0.5, 0.6) is 5.88 Å². The number of aromatic nitrogens is 3. The Kier molecular flexibility index (Phi) is 6.67. The second kappa shape index (κ2) is 10.2. The molecule has 5 rings (SSSR count). The first kappa shape index (κ1) is 22.9. The molecule has 0 aliphatic carbocycles. The zero-order valence-corrected chi connectivity index (χ0v) is 19.5. The number of carbonyl (C=O) groups excluding carboxylic acids is 1. The molecule has 0 atom stereocenters. The molecule has 3 heterocycles. The molecule has 1 N–H and O–H groups in total. The van der Waals surface area contributed by atoms with E-state index in [-0.39, 0.29) is 29.9 Å². The number of nitrogens with zero attached hydrogens (tertiary/aromatic N) is 4. The van der Waals surface area contributed by atoms with Crippen molar-refractivity contribution < 1.29 is 18.4 Å². The maximum Gasteiger partial charge on any atom is 0.265 e. The summed E-state index contributed by atoms with van der Waals surface area (Å²) in [6.07, 6.45) is 1.91. The number of nitrogens with one attached hydrogen (secondary N) is 1. The summed E-state index contributed by atoms with van der Waals surface area (Å²) >= 11 is 0. The van der Waals surface area contributed by atoms with Gasteiger partial charge in [0.05, 0.1) is 0 Å². The quantitative estimate of drug-likeness (QED) is 0.389. The molecule has 2 aromatic carbocycles. The third kappa shape index (κ3) is 5.30. The van der Waals surface area contributed by atoms with Crippen LogP contribution in [-0.2, 0) is 17.8 Å². The summed E-state index contributed by atoms with van der Waals surface area (Å²) in [5, 5.41) is 7.41. The summed E-state index contributed by atoms with van der Waals surface area (Å²) in [5.74, 6) is 0.0399. The fourth-order valence-corrected chi connectivity index (χ4v) is 4.30. The van der Waals surface area contributed by atoms with E-state index in [1.165, 1.54) is 23.3 Å². The molecule has 0 bridgehead atoms. The lowest BCUT2D eigenvalue weighted by atomic mass is 10.00. The smallest absolute Gasteiger partial charge is 0.265 e. The molecular formula is C26H26FN5O3. The monoisotopic (exact) mass is 475 g/mol. The van der Waals surface area contributed by atoms with Crippen molar-refractivity contribution in [2.45, 2.75) is 26.3 Å². The van der Waals surface area contributed by atoms with E-state index in [0.29, 0.717) is 29.0 Å². The van der Waals surface area contributed by atoms with Gasteiger partial charge in [0.25, 0.3) is 11.6 Å². The number of aryl methyl sites for hydroxylation is 1. The molecule has 180 valence electrons. The van der Waals surface area contributed by atoms with Gasteiger partial charge in [-0.3, -0.25) is 9.69 Å². The highest BCUT2D eigenvalue weighted by Gasteiger charge is 2.20. The number of rotatable bonds is 8. The van der Waals surface area contributed by atoms with Crippen LogP contribution in [-0.4, -0.2) is 52.2 Å². The van der Waals surface area contributed by atoms with E-state index < -0.39 is 0 Å². The average Bonchev–Trinajstić information content (AvgIpc) is 3.29. The second-order valence-corrected chi connectivity index (χ2v) is 8.58. The van der Waals surface area contributed by atoms with E-state index in [1.807, 2.05) is 0 Å². The molecule has 0 saturated carbocycles. The lowest BCUT2D eigenvalue weighted by molar-refractivity contribution is -0.123. The first-order valence-corrected chi connectivity index (χ1v) is 11.7. The van der Waals surface area contributed by atoms with Gasteiger partial charge >= 0.3 is 0 Å². The summed E-state index contributed by atoms with van der Waals surface area (Å²) in [5.41, 5.74) is 4.12. The third-order valence-corrected chi connectivity index (χ3v) is 6.06. The Hall–Kier alpha value is -3.85. The van der Waals surface area contributed by atoms with Crippen LogP contribution in [0.15, 0.2) is 53.1 Å². The summed E-state index contributed by atoms with van der Waals surface area (Å²) in [6.45, 7) is 4.97. The van der Waals surface area contributed by atoms with Crippen molar-refractivity contribution >= 4 is 17.0 Å². The Balaban J connectivity index is 1.15. The third-order valence-electron chi connectivity index (χ3n) is 6.06. The normalized spacial score (nSPS) is 13.5. The van der Waals surface area contributed by atoms with Crippen molar-refractivity contribution in [3.8, 4) is 17.1 Å². The fraction of sp³-hybridized carbons (Fsp3) is 0.308. The zero-order valence-electron chi connectivity index (χ0n) is 19.5. The highest BCUT2D eigenvalue weighted by molar-refractivity contribution is 5.93. The van der Waals surface area contributed by atoms with Gasteiger partial charge in [-0.15, -0.1) is 0 Å². The molecule has 4 aromatic rings. The molecule has 1 aliphatic heterocycles. The summed E-state index contributed by atoms with van der Waals surface area (Å²) < 4.78 is 24.4. The van der Waals surface area contributed by atoms with E-state index in [2.05, 4.69) is 49.6 Å². The van der Waals surface area contributed by atoms with Crippen LogP contribution in [0.2, 0.25) is 0 Å². The van der Waals surface area contributed by atoms with Crippen molar-refractivity contribution in [3.63, 3.8) is 0 Å². The van der Waals surface area contributed by atoms with E-state index in [1.54, 1.807) is 19.1 Å². The van der Waals surface area contributed by atoms with Gasteiger partial charge in [0.15, 0.2) is 6.61 Å². The van der Waals surface area contributed by atoms with Gasteiger partial charge in [-0.1, -0.05) is 29.4 Å². The zero-order chi connectivity index (χ0) is 24.2. The van der Waals surface area contributed by atoms with E-state index in [4.69, 9.17) is 9.26 Å². The van der Waals surface area contributed by atoms with Crippen molar-refractivity contribution in [1.29, 1.82) is 0 Å². The largest absolute Gasteiger partial charge is 0.467 e. The fourth-order valence-electron chi connectivity index (χ4n) is 4.30. The number of benzene rings is 2. The first-order chi connectivity index (χ1) is 17.1. The Morgan fingerprint density at radius 2 is 1.94 bits per heavy atom. The van der Waals surface area contributed by atoms with E-state index in [9.17, 15) is 9.18 Å². The van der Waals surface area contributed by atoms with Crippen LogP contribution in [0.1, 0.15) is 23.4 Å². The molecular weight excluding hydrogens is 449 g/mol. The SMILES string of the molecule is Cc1nc(OCC(=O)NCCCN2CCc3ccccc3C2)c2c(-c3ccc(F)cc3)noc2n1. The lowest BCUT2D eigenvalue weighted by Crippen LogP contribution is -2.35. The molecule has 35 heavy (non-hydrogen) atoms. The minimum absolute atomic E-state index is 0.198. The molecule has 1 amide bonds. The molecule has 0 fully saturated rings. The van der Waals surface area contributed by atoms with E-state index in [0.717, 1.165) is 32.5 Å². The molecule has 0 radical (unpaired) electrons. The van der Waals surface area contributed by atoms with Crippen LogP contribution >= 0.6 is 0 Å². The van der Waals surface area contributed by atoms with Crippen molar-refractivity contribution in [2.24, 2.45) is 0 Å². The highest BCUT2D eigenvalue weighted by atomic mass is 19.1. The number of halogens is 1. The molecule has 0 unspecified atom stereocenters. The Labute approximate surface area is 202 Å². The van der Waals surface area contributed by atoms with Gasteiger partial charge in [-0.05, 0) is 55.2 Å². The van der Waals surface area contributed by atoms with Gasteiger partial charge in [-0.2, -0.15) is 9.97 Å². The molecule has 0 spiro atoms. The van der Waals surface area contributed by atoms with Gasteiger partial charge in [0.2, 0.25) is 5.88 Å². The number of amides is 1. The minimum Gasteiger partial charge on any atom is -0.467 e. The Bertz CT molecular complexity index is 1340.